The van der Waals surface area contributed by atoms with Crippen molar-refractivity contribution in [3.63, 3.8) is 0 Å². The molecule has 0 aliphatic carbocycles. The van der Waals surface area contributed by atoms with Gasteiger partial charge >= 0.3 is 5.97 Å². The molecule has 22 heavy (non-hydrogen) atoms. The standard InChI is InChI=1S/C15H18N2O4S/c1-9-13-11(22(2,20)21)5-6-16-15(13)17-7-3-4-10(14(9)17)8-12(18)19/h5-6,10H,3-4,7-8H2,1-2H3,(H,18,19). The number of fused-ring (bicyclic) bond motifs is 3. The molecular weight excluding hydrogens is 304 g/mol. The fraction of sp³-hybridized carbons (Fsp3) is 0.467. The maximum Gasteiger partial charge on any atom is 0.304 e. The van der Waals surface area contributed by atoms with Crippen LogP contribution in [0.3, 0.4) is 0 Å². The van der Waals surface area contributed by atoms with Crippen LogP contribution < -0.4 is 0 Å². The molecule has 2 aromatic heterocycles. The Kier molecular flexibility index (Phi) is 3.47. The predicted octanol–water partition coefficient (Wildman–Crippen LogP) is 2.10. The number of rotatable bonds is 3. The van der Waals surface area contributed by atoms with Crippen LogP contribution in [0.25, 0.3) is 11.0 Å². The Balaban J connectivity index is 2.33. The first-order chi connectivity index (χ1) is 10.3. The van der Waals surface area contributed by atoms with E-state index in [9.17, 15) is 13.2 Å². The van der Waals surface area contributed by atoms with Crippen molar-refractivity contribution in [3.05, 3.63) is 23.5 Å². The summed E-state index contributed by atoms with van der Waals surface area (Å²) in [6.45, 7) is 2.61. The minimum Gasteiger partial charge on any atom is -0.481 e. The summed E-state index contributed by atoms with van der Waals surface area (Å²) in [6, 6.07) is 1.52. The number of aliphatic carboxylic acids is 1. The molecule has 1 aliphatic rings. The molecular formula is C15H18N2O4S. The highest BCUT2D eigenvalue weighted by Crippen LogP contribution is 2.39. The fourth-order valence-corrected chi connectivity index (χ4v) is 4.46. The highest BCUT2D eigenvalue weighted by Gasteiger charge is 2.30. The van der Waals surface area contributed by atoms with Gasteiger partial charge in [0.25, 0.3) is 0 Å². The number of hydrogen-bond donors (Lipinski definition) is 1. The molecule has 1 atom stereocenters. The first-order valence-corrected chi connectivity index (χ1v) is 9.09. The summed E-state index contributed by atoms with van der Waals surface area (Å²) in [5, 5.41) is 9.76. The van der Waals surface area contributed by atoms with Crippen molar-refractivity contribution in [2.75, 3.05) is 6.26 Å². The van der Waals surface area contributed by atoms with Gasteiger partial charge in [0.05, 0.1) is 11.3 Å². The van der Waals surface area contributed by atoms with E-state index >= 15 is 0 Å². The van der Waals surface area contributed by atoms with Crippen LogP contribution in [0.1, 0.15) is 36.4 Å². The van der Waals surface area contributed by atoms with E-state index in [0.717, 1.165) is 30.6 Å². The van der Waals surface area contributed by atoms with Crippen LogP contribution in [0.2, 0.25) is 0 Å². The summed E-state index contributed by atoms with van der Waals surface area (Å²) >= 11 is 0. The van der Waals surface area contributed by atoms with Crippen LogP contribution >= 0.6 is 0 Å². The van der Waals surface area contributed by atoms with Crippen molar-refractivity contribution in [1.82, 2.24) is 9.55 Å². The fourth-order valence-electron chi connectivity index (χ4n) is 3.54. The zero-order valence-electron chi connectivity index (χ0n) is 12.5. The number of aromatic nitrogens is 2. The summed E-state index contributed by atoms with van der Waals surface area (Å²) < 4.78 is 26.1. The Morgan fingerprint density at radius 2 is 2.23 bits per heavy atom. The number of hydrogen-bond acceptors (Lipinski definition) is 4. The monoisotopic (exact) mass is 322 g/mol. The molecule has 7 heteroatoms. The number of aryl methyl sites for hydroxylation is 2. The Morgan fingerprint density at radius 3 is 2.86 bits per heavy atom. The number of carbonyl (C=O) groups is 1. The summed E-state index contributed by atoms with van der Waals surface area (Å²) in [6.07, 6.45) is 4.43. The third-order valence-electron chi connectivity index (χ3n) is 4.34. The first kappa shape index (κ1) is 15.0. The Morgan fingerprint density at radius 1 is 1.50 bits per heavy atom. The molecule has 0 amide bonds. The molecule has 1 N–H and O–H groups in total. The van der Waals surface area contributed by atoms with Gasteiger partial charge in [0.1, 0.15) is 5.65 Å². The smallest absolute Gasteiger partial charge is 0.304 e. The SMILES string of the molecule is Cc1c2n(c3nccc(S(C)(=O)=O)c13)CCCC2CC(=O)O. The van der Waals surface area contributed by atoms with E-state index in [0.29, 0.717) is 11.0 Å². The van der Waals surface area contributed by atoms with Gasteiger partial charge in [-0.2, -0.15) is 0 Å². The van der Waals surface area contributed by atoms with Crippen molar-refractivity contribution in [1.29, 1.82) is 0 Å². The van der Waals surface area contributed by atoms with Crippen LogP contribution in [0.5, 0.6) is 0 Å². The molecule has 6 nitrogen and oxygen atoms in total. The van der Waals surface area contributed by atoms with Crippen LogP contribution in [0, 0.1) is 6.92 Å². The second-order valence-corrected chi connectivity index (χ2v) is 7.86. The summed E-state index contributed by atoms with van der Waals surface area (Å²) in [4.78, 5) is 15.7. The number of pyridine rings is 1. The van der Waals surface area contributed by atoms with Gasteiger partial charge in [0, 0.05) is 36.0 Å². The van der Waals surface area contributed by atoms with Gasteiger partial charge in [0.15, 0.2) is 9.84 Å². The van der Waals surface area contributed by atoms with Crippen LogP contribution in [-0.4, -0.2) is 35.3 Å². The molecule has 0 bridgehead atoms. The first-order valence-electron chi connectivity index (χ1n) is 7.20. The quantitative estimate of drug-likeness (QED) is 0.934. The maximum absolute atomic E-state index is 12.0. The molecule has 1 aliphatic heterocycles. The number of sulfone groups is 1. The zero-order valence-corrected chi connectivity index (χ0v) is 13.4. The normalized spacial score (nSPS) is 18.4. The maximum atomic E-state index is 12.0. The number of carboxylic acid groups (broad SMARTS) is 1. The molecule has 0 saturated carbocycles. The summed E-state index contributed by atoms with van der Waals surface area (Å²) in [5.74, 6) is -0.924. The molecule has 3 heterocycles. The second kappa shape index (κ2) is 5.08. The third kappa shape index (κ3) is 2.29. The minimum atomic E-state index is -3.36. The van der Waals surface area contributed by atoms with Gasteiger partial charge < -0.3 is 9.67 Å². The van der Waals surface area contributed by atoms with Crippen molar-refractivity contribution >= 4 is 26.8 Å². The number of nitrogens with zero attached hydrogens (tertiary/aromatic N) is 2. The highest BCUT2D eigenvalue weighted by atomic mass is 32.2. The molecule has 2 aromatic rings. The van der Waals surface area contributed by atoms with E-state index in [-0.39, 0.29) is 17.2 Å². The zero-order chi connectivity index (χ0) is 16.1. The van der Waals surface area contributed by atoms with Crippen molar-refractivity contribution in [2.24, 2.45) is 0 Å². The van der Waals surface area contributed by atoms with E-state index < -0.39 is 15.8 Å². The van der Waals surface area contributed by atoms with Crippen LogP contribution in [0.15, 0.2) is 17.2 Å². The minimum absolute atomic E-state index is 0.0609. The molecule has 0 radical (unpaired) electrons. The molecule has 0 saturated heterocycles. The van der Waals surface area contributed by atoms with Gasteiger partial charge in [-0.05, 0) is 31.4 Å². The van der Waals surface area contributed by atoms with Gasteiger partial charge in [-0.15, -0.1) is 0 Å². The average molecular weight is 322 g/mol. The van der Waals surface area contributed by atoms with E-state index in [1.165, 1.54) is 18.5 Å². The lowest BCUT2D eigenvalue weighted by Gasteiger charge is -2.24. The molecule has 1 unspecified atom stereocenters. The third-order valence-corrected chi connectivity index (χ3v) is 5.48. The van der Waals surface area contributed by atoms with Crippen LogP contribution in [0.4, 0.5) is 0 Å². The molecule has 3 rings (SSSR count). The molecule has 0 fully saturated rings. The molecule has 118 valence electrons. The second-order valence-electron chi connectivity index (χ2n) is 5.88. The van der Waals surface area contributed by atoms with Gasteiger partial charge in [-0.1, -0.05) is 0 Å². The van der Waals surface area contributed by atoms with E-state index in [4.69, 9.17) is 5.11 Å². The number of carboxylic acids is 1. The topological polar surface area (TPSA) is 89.3 Å². The van der Waals surface area contributed by atoms with E-state index in [1.807, 2.05) is 11.5 Å². The summed E-state index contributed by atoms with van der Waals surface area (Å²) in [5.41, 5.74) is 2.41. The lowest BCUT2D eigenvalue weighted by molar-refractivity contribution is -0.137. The van der Waals surface area contributed by atoms with Gasteiger partial charge in [-0.3, -0.25) is 4.79 Å². The largest absolute Gasteiger partial charge is 0.481 e. The Hall–Kier alpha value is -1.89. The lowest BCUT2D eigenvalue weighted by Crippen LogP contribution is -2.18. The molecule has 0 spiro atoms. The Bertz CT molecular complexity index is 867. The lowest BCUT2D eigenvalue weighted by atomic mass is 9.90. The highest BCUT2D eigenvalue weighted by molar-refractivity contribution is 7.91. The average Bonchev–Trinajstić information content (AvgIpc) is 2.72. The van der Waals surface area contributed by atoms with Gasteiger partial charge in [0.2, 0.25) is 0 Å². The van der Waals surface area contributed by atoms with Crippen molar-refractivity contribution < 1.29 is 18.3 Å². The Labute approximate surface area is 128 Å². The van der Waals surface area contributed by atoms with E-state index in [2.05, 4.69) is 4.98 Å². The molecule has 0 aromatic carbocycles. The van der Waals surface area contributed by atoms with Gasteiger partial charge in [-0.25, -0.2) is 13.4 Å². The van der Waals surface area contributed by atoms with E-state index in [1.54, 1.807) is 0 Å². The van der Waals surface area contributed by atoms with Crippen molar-refractivity contribution in [3.8, 4) is 0 Å². The predicted molar refractivity (Wildman–Crippen MR) is 81.8 cm³/mol. The van der Waals surface area contributed by atoms with Crippen LogP contribution in [-0.2, 0) is 21.2 Å². The van der Waals surface area contributed by atoms with Crippen molar-refractivity contribution in [2.45, 2.75) is 43.5 Å². The summed E-state index contributed by atoms with van der Waals surface area (Å²) in [7, 11) is -3.36.